The fraction of sp³-hybridized carbons (Fsp3) is 0.810. The van der Waals surface area contributed by atoms with Crippen LogP contribution in [-0.4, -0.2) is 23.5 Å². The van der Waals surface area contributed by atoms with Gasteiger partial charge < -0.3 is 0 Å². The Morgan fingerprint density at radius 1 is 0.773 bits per heavy atom. The van der Waals surface area contributed by atoms with Crippen LogP contribution in [0.4, 0.5) is 0 Å². The van der Waals surface area contributed by atoms with Gasteiger partial charge in [-0.2, -0.15) is 0 Å². The maximum Gasteiger partial charge on any atom is 0.00986 e. The summed E-state index contributed by atoms with van der Waals surface area (Å²) < 4.78 is 0. The minimum absolute atomic E-state index is 0.868. The van der Waals surface area contributed by atoms with Gasteiger partial charge in [-0.05, 0) is 57.9 Å². The summed E-state index contributed by atoms with van der Waals surface area (Å²) in [6, 6.07) is 1.75. The quantitative estimate of drug-likeness (QED) is 0.261. The lowest BCUT2D eigenvalue weighted by Crippen LogP contribution is -2.35. The average molecular weight is 306 g/mol. The number of nitrogens with zero attached hydrogens (tertiary/aromatic N) is 1. The summed E-state index contributed by atoms with van der Waals surface area (Å²) in [5.74, 6) is 0. The molecule has 0 aromatic heterocycles. The molecule has 0 aromatic rings. The van der Waals surface area contributed by atoms with E-state index in [2.05, 4.69) is 31.1 Å². The summed E-state index contributed by atoms with van der Waals surface area (Å²) in [6.45, 7) is 11.2. The second kappa shape index (κ2) is 12.9. The van der Waals surface area contributed by atoms with E-state index in [1.54, 1.807) is 0 Å². The van der Waals surface area contributed by atoms with E-state index in [0.29, 0.717) is 0 Å². The normalized spacial score (nSPS) is 22.0. The first kappa shape index (κ1) is 19.5. The Hall–Kier alpha value is -0.560. The molecule has 1 aliphatic rings. The highest BCUT2D eigenvalue weighted by Crippen LogP contribution is 2.30. The lowest BCUT2D eigenvalue weighted by molar-refractivity contribution is 0.182. The monoisotopic (exact) mass is 305 g/mol. The molecule has 0 bridgehead atoms. The Bertz CT molecular complexity index is 284. The van der Waals surface area contributed by atoms with Gasteiger partial charge in [-0.15, -0.1) is 13.2 Å². The Morgan fingerprint density at radius 3 is 1.77 bits per heavy atom. The van der Waals surface area contributed by atoms with Crippen molar-refractivity contribution in [1.29, 1.82) is 0 Å². The molecule has 128 valence electrons. The fourth-order valence-electron chi connectivity index (χ4n) is 4.02. The molecule has 0 aromatic carbocycles. The smallest absolute Gasteiger partial charge is 0.00986 e. The van der Waals surface area contributed by atoms with E-state index in [9.17, 15) is 0 Å². The zero-order valence-corrected chi connectivity index (χ0v) is 15.1. The molecule has 2 atom stereocenters. The third-order valence-electron chi connectivity index (χ3n) is 5.28. The van der Waals surface area contributed by atoms with Gasteiger partial charge in [0.15, 0.2) is 0 Å². The van der Waals surface area contributed by atoms with Crippen LogP contribution in [0.1, 0.15) is 90.4 Å². The second-order valence-corrected chi connectivity index (χ2v) is 6.92. The molecule has 1 heteroatoms. The molecule has 1 heterocycles. The average Bonchev–Trinajstić information content (AvgIpc) is 2.92. The molecule has 0 aliphatic carbocycles. The third kappa shape index (κ3) is 7.63. The topological polar surface area (TPSA) is 3.24 Å². The summed E-state index contributed by atoms with van der Waals surface area (Å²) in [6.07, 6.45) is 21.9. The molecule has 0 N–H and O–H groups in total. The van der Waals surface area contributed by atoms with Crippen LogP contribution in [-0.2, 0) is 0 Å². The second-order valence-electron chi connectivity index (χ2n) is 6.92. The minimum Gasteiger partial charge on any atom is -0.298 e. The van der Waals surface area contributed by atoms with Gasteiger partial charge in [-0.3, -0.25) is 4.90 Å². The maximum absolute atomic E-state index is 3.82. The van der Waals surface area contributed by atoms with E-state index in [-0.39, 0.29) is 0 Å². The molecular weight excluding hydrogens is 266 g/mol. The van der Waals surface area contributed by atoms with Crippen LogP contribution in [0.3, 0.4) is 0 Å². The van der Waals surface area contributed by atoms with E-state index >= 15 is 0 Å². The van der Waals surface area contributed by atoms with Crippen LogP contribution in [0, 0.1) is 0 Å². The highest BCUT2D eigenvalue weighted by Gasteiger charge is 2.30. The summed E-state index contributed by atoms with van der Waals surface area (Å²) in [7, 11) is 0. The zero-order chi connectivity index (χ0) is 16.0. The molecule has 1 aliphatic heterocycles. The number of likely N-dealkylation sites (tertiary alicyclic amines) is 1. The van der Waals surface area contributed by atoms with E-state index < -0.39 is 0 Å². The predicted molar refractivity (Wildman–Crippen MR) is 100 cm³/mol. The van der Waals surface area contributed by atoms with Crippen LogP contribution in [0.25, 0.3) is 0 Å². The SMILES string of the molecule is C=CCCCCCCCC1CCC(CCCCC=C)N1CC. The molecule has 1 fully saturated rings. The predicted octanol–water partition coefficient (Wildman–Crippen LogP) is 6.50. The minimum atomic E-state index is 0.868. The molecule has 1 rings (SSSR count). The van der Waals surface area contributed by atoms with E-state index in [0.717, 1.165) is 12.1 Å². The first-order valence-electron chi connectivity index (χ1n) is 9.81. The first-order valence-corrected chi connectivity index (χ1v) is 9.81. The summed E-state index contributed by atoms with van der Waals surface area (Å²) in [4.78, 5) is 2.81. The highest BCUT2D eigenvalue weighted by molar-refractivity contribution is 4.87. The number of allylic oxidation sites excluding steroid dienone is 2. The van der Waals surface area contributed by atoms with E-state index in [1.807, 2.05) is 6.08 Å². The number of hydrogen-bond acceptors (Lipinski definition) is 1. The highest BCUT2D eigenvalue weighted by atomic mass is 15.2. The standard InChI is InChI=1S/C21H39N/c1-4-7-9-11-12-13-15-17-21-19-18-20(22(21)6-3)16-14-10-8-5-2/h4-5,20-21H,1-2,6-19H2,3H3. The molecule has 22 heavy (non-hydrogen) atoms. The number of rotatable bonds is 14. The zero-order valence-electron chi connectivity index (χ0n) is 15.1. The van der Waals surface area contributed by atoms with Gasteiger partial charge in [-0.1, -0.05) is 51.2 Å². The van der Waals surface area contributed by atoms with Crippen LogP contribution in [0.5, 0.6) is 0 Å². The molecule has 0 amide bonds. The van der Waals surface area contributed by atoms with Crippen LogP contribution in [0.2, 0.25) is 0 Å². The van der Waals surface area contributed by atoms with Crippen LogP contribution in [0.15, 0.2) is 25.3 Å². The van der Waals surface area contributed by atoms with Gasteiger partial charge in [0.1, 0.15) is 0 Å². The molecule has 1 saturated heterocycles. The van der Waals surface area contributed by atoms with Crippen molar-refractivity contribution in [2.75, 3.05) is 6.54 Å². The van der Waals surface area contributed by atoms with E-state index in [1.165, 1.54) is 90.0 Å². The summed E-state index contributed by atoms with van der Waals surface area (Å²) in [5.41, 5.74) is 0. The lowest BCUT2D eigenvalue weighted by atomic mass is 10.0. The molecule has 0 spiro atoms. The van der Waals surface area contributed by atoms with Gasteiger partial charge >= 0.3 is 0 Å². The Labute approximate surface area is 139 Å². The van der Waals surface area contributed by atoms with Gasteiger partial charge in [0.25, 0.3) is 0 Å². The summed E-state index contributed by atoms with van der Waals surface area (Å²) >= 11 is 0. The third-order valence-corrected chi connectivity index (χ3v) is 5.28. The molecule has 0 saturated carbocycles. The van der Waals surface area contributed by atoms with Crippen molar-refractivity contribution in [3.8, 4) is 0 Å². The molecular formula is C21H39N. The van der Waals surface area contributed by atoms with Crippen LogP contribution < -0.4 is 0 Å². The van der Waals surface area contributed by atoms with Crippen molar-refractivity contribution < 1.29 is 0 Å². The van der Waals surface area contributed by atoms with Crippen molar-refractivity contribution in [1.82, 2.24) is 4.90 Å². The van der Waals surface area contributed by atoms with Crippen molar-refractivity contribution >= 4 is 0 Å². The van der Waals surface area contributed by atoms with Gasteiger partial charge in [0.2, 0.25) is 0 Å². The molecule has 0 radical (unpaired) electrons. The van der Waals surface area contributed by atoms with Crippen molar-refractivity contribution in [2.45, 2.75) is 102 Å². The largest absolute Gasteiger partial charge is 0.298 e. The number of hydrogen-bond donors (Lipinski definition) is 0. The first-order chi connectivity index (χ1) is 10.8. The Morgan fingerprint density at radius 2 is 1.23 bits per heavy atom. The van der Waals surface area contributed by atoms with Gasteiger partial charge in [-0.25, -0.2) is 0 Å². The summed E-state index contributed by atoms with van der Waals surface area (Å²) in [5, 5.41) is 0. The van der Waals surface area contributed by atoms with E-state index in [4.69, 9.17) is 0 Å². The van der Waals surface area contributed by atoms with Gasteiger partial charge in [0, 0.05) is 12.1 Å². The maximum atomic E-state index is 3.82. The van der Waals surface area contributed by atoms with Crippen molar-refractivity contribution in [3.05, 3.63) is 25.3 Å². The van der Waals surface area contributed by atoms with Gasteiger partial charge in [0.05, 0.1) is 0 Å². The molecule has 2 unspecified atom stereocenters. The van der Waals surface area contributed by atoms with Crippen molar-refractivity contribution in [3.63, 3.8) is 0 Å². The fourth-order valence-corrected chi connectivity index (χ4v) is 4.02. The van der Waals surface area contributed by atoms with Crippen molar-refractivity contribution in [2.24, 2.45) is 0 Å². The Balaban J connectivity index is 2.13. The molecule has 1 nitrogen and oxygen atoms in total. The lowest BCUT2D eigenvalue weighted by Gasteiger charge is -2.29. The van der Waals surface area contributed by atoms with Crippen LogP contribution >= 0.6 is 0 Å². The Kier molecular flexibility index (Phi) is 11.5. The number of unbranched alkanes of at least 4 members (excludes halogenated alkanes) is 7.